The third-order valence-electron chi connectivity index (χ3n) is 4.82. The van der Waals surface area contributed by atoms with Gasteiger partial charge in [0.2, 0.25) is 5.91 Å². The Kier molecular flexibility index (Phi) is 8.68. The Balaban J connectivity index is 1.66. The molecule has 0 aliphatic carbocycles. The molecular weight excluding hydrogens is 507 g/mol. The van der Waals surface area contributed by atoms with Gasteiger partial charge in [0.15, 0.2) is 17.1 Å². The number of nitrogens with zero attached hydrogens (tertiary/aromatic N) is 3. The average Bonchev–Trinajstić information content (AvgIpc) is 3.17. The molecule has 1 heterocycles. The lowest BCUT2D eigenvalue weighted by Crippen LogP contribution is -2.16. The summed E-state index contributed by atoms with van der Waals surface area (Å²) in [4.78, 5) is 12.3. The van der Waals surface area contributed by atoms with E-state index in [9.17, 15) is 9.18 Å². The fourth-order valence-electron chi connectivity index (χ4n) is 3.10. The molecule has 0 aliphatic rings. The molecule has 0 radical (unpaired) electrons. The van der Waals surface area contributed by atoms with Gasteiger partial charge >= 0.3 is 0 Å². The van der Waals surface area contributed by atoms with E-state index in [-0.39, 0.29) is 23.5 Å². The first-order valence-electron chi connectivity index (χ1n) is 10.5. The molecule has 0 saturated carbocycles. The van der Waals surface area contributed by atoms with Gasteiger partial charge in [-0.2, -0.15) is 0 Å². The van der Waals surface area contributed by atoms with Crippen LogP contribution in [0.3, 0.4) is 0 Å². The van der Waals surface area contributed by atoms with Crippen molar-refractivity contribution in [2.75, 3.05) is 11.1 Å². The number of thioether (sulfide) groups is 1. The van der Waals surface area contributed by atoms with Crippen molar-refractivity contribution in [3.8, 4) is 5.75 Å². The van der Waals surface area contributed by atoms with Gasteiger partial charge < -0.3 is 10.1 Å². The molecule has 1 N–H and O–H groups in total. The molecule has 6 nitrogen and oxygen atoms in total. The molecule has 3 rings (SSSR count). The maximum Gasteiger partial charge on any atom is 0.234 e. The topological polar surface area (TPSA) is 69.0 Å². The molecule has 0 bridgehead atoms. The highest BCUT2D eigenvalue weighted by atomic mass is 79.9. The lowest BCUT2D eigenvalue weighted by atomic mass is 10.0. The summed E-state index contributed by atoms with van der Waals surface area (Å²) in [5.74, 6) is 1.02. The molecular formula is C24H26BrFN4O2S. The molecule has 0 aliphatic heterocycles. The van der Waals surface area contributed by atoms with Crippen LogP contribution >= 0.6 is 27.7 Å². The van der Waals surface area contributed by atoms with Crippen molar-refractivity contribution in [3.63, 3.8) is 0 Å². The standard InChI is InChI=1S/C24H26BrFN4O2S/c1-5-12-30-23(16(4)32-19-9-6-17(7-10-19)15(2)3)28-29-24(30)33-14-22(31)27-21-11-8-18(25)13-20(21)26/h5-11,13,15-16H,1,12,14H2,2-4H3,(H,27,31). The van der Waals surface area contributed by atoms with Crippen LogP contribution in [0.1, 0.15) is 44.2 Å². The summed E-state index contributed by atoms with van der Waals surface area (Å²) in [6.45, 7) is 10.5. The quantitative estimate of drug-likeness (QED) is 0.243. The van der Waals surface area contributed by atoms with E-state index in [1.807, 2.05) is 23.6 Å². The molecule has 2 aromatic carbocycles. The summed E-state index contributed by atoms with van der Waals surface area (Å²) in [7, 11) is 0. The molecule has 3 aromatic rings. The number of benzene rings is 2. The van der Waals surface area contributed by atoms with Gasteiger partial charge in [-0.1, -0.05) is 59.7 Å². The first-order valence-corrected chi connectivity index (χ1v) is 12.2. The monoisotopic (exact) mass is 532 g/mol. The fraction of sp³-hybridized carbons (Fsp3) is 0.292. The minimum atomic E-state index is -0.507. The Hall–Kier alpha value is -2.65. The number of hydrogen-bond donors (Lipinski definition) is 1. The van der Waals surface area contributed by atoms with Crippen molar-refractivity contribution in [1.82, 2.24) is 14.8 Å². The molecule has 0 saturated heterocycles. The van der Waals surface area contributed by atoms with E-state index in [1.54, 1.807) is 12.1 Å². The number of carbonyl (C=O) groups is 1. The normalized spacial score (nSPS) is 11.9. The van der Waals surface area contributed by atoms with Crippen molar-refractivity contribution >= 4 is 39.3 Å². The maximum absolute atomic E-state index is 14.0. The van der Waals surface area contributed by atoms with E-state index in [4.69, 9.17) is 4.74 Å². The molecule has 0 spiro atoms. The first kappa shape index (κ1) is 25.0. The molecule has 0 fully saturated rings. The Labute approximate surface area is 205 Å². The van der Waals surface area contributed by atoms with E-state index in [2.05, 4.69) is 64.0 Å². The molecule has 1 unspecified atom stereocenters. The molecule has 33 heavy (non-hydrogen) atoms. The highest BCUT2D eigenvalue weighted by Gasteiger charge is 2.20. The number of halogens is 2. The van der Waals surface area contributed by atoms with Gasteiger partial charge in [-0.25, -0.2) is 4.39 Å². The number of aromatic nitrogens is 3. The van der Waals surface area contributed by atoms with E-state index >= 15 is 0 Å². The van der Waals surface area contributed by atoms with Gasteiger partial charge in [0.1, 0.15) is 11.6 Å². The number of rotatable bonds is 10. The van der Waals surface area contributed by atoms with Crippen LogP contribution in [0, 0.1) is 5.82 Å². The Morgan fingerprint density at radius 1 is 1.24 bits per heavy atom. The second-order valence-electron chi connectivity index (χ2n) is 7.68. The summed E-state index contributed by atoms with van der Waals surface area (Å²) in [6.07, 6.45) is 1.38. The largest absolute Gasteiger partial charge is 0.483 e. The van der Waals surface area contributed by atoms with Gasteiger partial charge in [0.25, 0.3) is 0 Å². The van der Waals surface area contributed by atoms with Crippen LogP contribution < -0.4 is 10.1 Å². The van der Waals surface area contributed by atoms with Crippen molar-refractivity contribution in [1.29, 1.82) is 0 Å². The van der Waals surface area contributed by atoms with Crippen LogP contribution in [-0.2, 0) is 11.3 Å². The Bertz CT molecular complexity index is 1120. The van der Waals surface area contributed by atoms with Gasteiger partial charge in [-0.05, 0) is 48.7 Å². The molecule has 1 aromatic heterocycles. The molecule has 1 atom stereocenters. The number of hydrogen-bond acceptors (Lipinski definition) is 5. The number of nitrogens with one attached hydrogen (secondary N) is 1. The summed E-state index contributed by atoms with van der Waals surface area (Å²) in [5.41, 5.74) is 1.37. The van der Waals surface area contributed by atoms with E-state index in [0.717, 1.165) is 5.75 Å². The van der Waals surface area contributed by atoms with Crippen LogP contribution in [0.25, 0.3) is 0 Å². The number of anilines is 1. The van der Waals surface area contributed by atoms with Crippen molar-refractivity contribution in [2.24, 2.45) is 0 Å². The average molecular weight is 533 g/mol. The summed E-state index contributed by atoms with van der Waals surface area (Å²) >= 11 is 4.41. The van der Waals surface area contributed by atoms with Crippen LogP contribution in [0.5, 0.6) is 5.75 Å². The van der Waals surface area contributed by atoms with Crippen molar-refractivity contribution in [2.45, 2.75) is 44.5 Å². The lowest BCUT2D eigenvalue weighted by Gasteiger charge is -2.16. The highest BCUT2D eigenvalue weighted by molar-refractivity contribution is 9.10. The zero-order chi connectivity index (χ0) is 24.0. The van der Waals surface area contributed by atoms with Gasteiger partial charge in [-0.3, -0.25) is 9.36 Å². The predicted molar refractivity (Wildman–Crippen MR) is 133 cm³/mol. The number of amides is 1. The third-order valence-corrected chi connectivity index (χ3v) is 6.28. The minimum Gasteiger partial charge on any atom is -0.483 e. The number of ether oxygens (including phenoxy) is 1. The van der Waals surface area contributed by atoms with Gasteiger partial charge in [0, 0.05) is 11.0 Å². The van der Waals surface area contributed by atoms with Crippen LogP contribution in [0.4, 0.5) is 10.1 Å². The van der Waals surface area contributed by atoms with Crippen LogP contribution in [0.2, 0.25) is 0 Å². The summed E-state index contributed by atoms with van der Waals surface area (Å²) < 4.78 is 22.5. The summed E-state index contributed by atoms with van der Waals surface area (Å²) in [5, 5.41) is 11.6. The predicted octanol–water partition coefficient (Wildman–Crippen LogP) is 6.36. The van der Waals surface area contributed by atoms with Crippen LogP contribution in [-0.4, -0.2) is 26.4 Å². The van der Waals surface area contributed by atoms with E-state index in [1.165, 1.54) is 29.5 Å². The van der Waals surface area contributed by atoms with Gasteiger partial charge in [0.05, 0.1) is 11.4 Å². The zero-order valence-corrected chi connectivity index (χ0v) is 21.1. The lowest BCUT2D eigenvalue weighted by molar-refractivity contribution is -0.113. The highest BCUT2D eigenvalue weighted by Crippen LogP contribution is 2.26. The SMILES string of the molecule is C=CCn1c(SCC(=O)Nc2ccc(Br)cc2F)nnc1C(C)Oc1ccc(C(C)C)cc1. The third kappa shape index (κ3) is 6.68. The zero-order valence-electron chi connectivity index (χ0n) is 18.7. The van der Waals surface area contributed by atoms with Crippen LogP contribution in [0.15, 0.2) is 64.7 Å². The van der Waals surface area contributed by atoms with Crippen molar-refractivity contribution in [3.05, 3.63) is 76.8 Å². The van der Waals surface area contributed by atoms with E-state index < -0.39 is 5.82 Å². The first-order chi connectivity index (χ1) is 15.8. The number of carbonyl (C=O) groups excluding carboxylic acids is 1. The fourth-order valence-corrected chi connectivity index (χ4v) is 4.19. The minimum absolute atomic E-state index is 0.0523. The van der Waals surface area contributed by atoms with Crippen molar-refractivity contribution < 1.29 is 13.9 Å². The van der Waals surface area contributed by atoms with E-state index in [0.29, 0.717) is 27.9 Å². The van der Waals surface area contributed by atoms with Gasteiger partial charge in [-0.15, -0.1) is 16.8 Å². The maximum atomic E-state index is 14.0. The molecule has 1 amide bonds. The smallest absolute Gasteiger partial charge is 0.234 e. The summed E-state index contributed by atoms with van der Waals surface area (Å²) in [6, 6.07) is 12.5. The Morgan fingerprint density at radius 2 is 1.97 bits per heavy atom. The second kappa shape index (κ2) is 11.5. The number of allylic oxidation sites excluding steroid dienone is 1. The second-order valence-corrected chi connectivity index (χ2v) is 9.54. The molecule has 9 heteroatoms. The molecule has 174 valence electrons. The Morgan fingerprint density at radius 3 is 2.61 bits per heavy atom.